The molecule has 0 rings (SSSR count). The number of allylic oxidation sites excluding steroid dienone is 26. The number of carbonyl (C=O) groups excluding carboxylic acids is 2. The molecule has 0 spiro atoms. The third-order valence-electron chi connectivity index (χ3n) is 13.3. The van der Waals surface area contributed by atoms with E-state index in [1.807, 2.05) is 21.1 Å². The first kappa shape index (κ1) is 77.9. The number of quaternary nitrogens is 1. The first-order chi connectivity index (χ1) is 40.6. The van der Waals surface area contributed by atoms with E-state index in [9.17, 15) is 19.5 Å². The predicted molar refractivity (Wildman–Crippen MR) is 354 cm³/mol. The fraction of sp³-hybridized carbons (Fsp3) is 0.608. The lowest BCUT2D eigenvalue weighted by molar-refractivity contribution is -0.870. The maximum Gasteiger partial charge on any atom is 0.361 e. The minimum Gasteiger partial charge on any atom is -0.477 e. The molecular weight excluding hydrogens is 1030 g/mol. The number of hydrogen-bond acceptors (Lipinski definition) is 7. The Morgan fingerprint density at radius 2 is 0.651 bits per heavy atom. The molecule has 0 aliphatic rings. The number of nitrogens with zero attached hydrogens (tertiary/aromatic N) is 1. The van der Waals surface area contributed by atoms with Crippen molar-refractivity contribution in [2.24, 2.45) is 0 Å². The van der Waals surface area contributed by atoms with Crippen molar-refractivity contribution in [2.45, 2.75) is 245 Å². The number of carboxylic acid groups (broad SMARTS) is 1. The Labute approximate surface area is 508 Å². The van der Waals surface area contributed by atoms with Gasteiger partial charge in [-0.2, -0.15) is 0 Å². The number of esters is 2. The molecule has 9 nitrogen and oxygen atoms in total. The third-order valence-corrected chi connectivity index (χ3v) is 13.3. The zero-order valence-electron chi connectivity index (χ0n) is 53.3. The highest BCUT2D eigenvalue weighted by atomic mass is 16.7. The molecule has 1 N–H and O–H groups in total. The van der Waals surface area contributed by atoms with Gasteiger partial charge in [-0.3, -0.25) is 9.59 Å². The smallest absolute Gasteiger partial charge is 0.361 e. The van der Waals surface area contributed by atoms with Gasteiger partial charge in [-0.05, 0) is 122 Å². The maximum atomic E-state index is 12.9. The summed E-state index contributed by atoms with van der Waals surface area (Å²) in [6.45, 7) is 4.60. The largest absolute Gasteiger partial charge is 0.477 e. The Morgan fingerprint density at radius 3 is 0.964 bits per heavy atom. The molecule has 0 aliphatic carbocycles. The van der Waals surface area contributed by atoms with E-state index >= 15 is 0 Å². The highest BCUT2D eigenvalue weighted by Crippen LogP contribution is 2.15. The molecule has 0 aliphatic heterocycles. The predicted octanol–water partition coefficient (Wildman–Crippen LogP) is 20.1. The quantitative estimate of drug-likeness (QED) is 0.0211. The van der Waals surface area contributed by atoms with Gasteiger partial charge in [0, 0.05) is 12.8 Å². The van der Waals surface area contributed by atoms with Crippen LogP contribution < -0.4 is 0 Å². The van der Waals surface area contributed by atoms with E-state index in [4.69, 9.17) is 18.9 Å². The first-order valence-corrected chi connectivity index (χ1v) is 32.6. The summed E-state index contributed by atoms with van der Waals surface area (Å²) in [6, 6.07) is 0. The van der Waals surface area contributed by atoms with Crippen molar-refractivity contribution in [3.8, 4) is 0 Å². The van der Waals surface area contributed by atoms with Crippen LogP contribution in [0.3, 0.4) is 0 Å². The van der Waals surface area contributed by atoms with Crippen molar-refractivity contribution >= 4 is 17.9 Å². The van der Waals surface area contributed by atoms with Gasteiger partial charge in [-0.15, -0.1) is 0 Å². The van der Waals surface area contributed by atoms with Gasteiger partial charge in [0.15, 0.2) is 6.10 Å². The van der Waals surface area contributed by atoms with E-state index in [2.05, 4.69) is 172 Å². The first-order valence-electron chi connectivity index (χ1n) is 32.6. The number of aliphatic carboxylic acids is 1. The Kier molecular flexibility index (Phi) is 59.1. The van der Waals surface area contributed by atoms with Gasteiger partial charge in [0.05, 0.1) is 34.4 Å². The molecule has 0 bridgehead atoms. The van der Waals surface area contributed by atoms with Crippen molar-refractivity contribution in [3.05, 3.63) is 158 Å². The van der Waals surface area contributed by atoms with E-state index in [1.54, 1.807) is 0 Å². The number of ether oxygens (including phenoxy) is 4. The average molecular weight is 1150 g/mol. The van der Waals surface area contributed by atoms with Crippen LogP contribution in [0.5, 0.6) is 0 Å². The second-order valence-corrected chi connectivity index (χ2v) is 22.3. The van der Waals surface area contributed by atoms with Crippen molar-refractivity contribution in [3.63, 3.8) is 0 Å². The number of likely N-dealkylation sites (N-methyl/N-ethyl adjacent to an activating group) is 1. The molecule has 0 saturated heterocycles. The molecule has 0 aromatic carbocycles. The van der Waals surface area contributed by atoms with Crippen LogP contribution in [0.15, 0.2) is 158 Å². The Balaban J connectivity index is 4.28. The molecule has 0 aromatic rings. The average Bonchev–Trinajstić information content (AvgIpc) is 3.46. The highest BCUT2D eigenvalue weighted by Gasteiger charge is 2.25. The number of rotatable bonds is 58. The Hall–Kier alpha value is -5.09. The van der Waals surface area contributed by atoms with Gasteiger partial charge in [0.2, 0.25) is 0 Å². The zero-order chi connectivity index (χ0) is 60.5. The van der Waals surface area contributed by atoms with Crippen LogP contribution in [0.25, 0.3) is 0 Å². The molecule has 0 saturated carbocycles. The Bertz CT molecular complexity index is 1920. The topological polar surface area (TPSA) is 108 Å². The summed E-state index contributed by atoms with van der Waals surface area (Å²) in [5.74, 6) is -2.06. The zero-order valence-corrected chi connectivity index (χ0v) is 53.3. The van der Waals surface area contributed by atoms with E-state index < -0.39 is 24.3 Å². The van der Waals surface area contributed by atoms with Gasteiger partial charge in [-0.25, -0.2) is 4.79 Å². The molecule has 2 unspecified atom stereocenters. The van der Waals surface area contributed by atoms with E-state index in [0.717, 1.165) is 128 Å². The summed E-state index contributed by atoms with van der Waals surface area (Å²) < 4.78 is 22.9. The van der Waals surface area contributed by atoms with Crippen LogP contribution in [0.2, 0.25) is 0 Å². The second kappa shape index (κ2) is 62.9. The molecule has 0 fully saturated rings. The van der Waals surface area contributed by atoms with Crippen LogP contribution in [-0.2, 0) is 33.3 Å². The van der Waals surface area contributed by atoms with Gasteiger partial charge in [0.25, 0.3) is 6.29 Å². The molecule has 0 amide bonds. The minimum atomic E-state index is -1.53. The molecule has 0 heterocycles. The van der Waals surface area contributed by atoms with E-state index in [0.29, 0.717) is 17.4 Å². The van der Waals surface area contributed by atoms with Crippen molar-refractivity contribution in [1.29, 1.82) is 0 Å². The monoisotopic (exact) mass is 1150 g/mol. The minimum absolute atomic E-state index is 0.173. The normalized spacial score (nSPS) is 13.8. The van der Waals surface area contributed by atoms with Gasteiger partial charge in [0.1, 0.15) is 13.2 Å². The molecule has 0 aromatic heterocycles. The van der Waals surface area contributed by atoms with Gasteiger partial charge in [-0.1, -0.05) is 255 Å². The molecule has 9 heteroatoms. The molecule has 468 valence electrons. The summed E-state index contributed by atoms with van der Waals surface area (Å²) in [7, 11) is 5.95. The fourth-order valence-electron chi connectivity index (χ4n) is 8.35. The van der Waals surface area contributed by atoms with Crippen LogP contribution in [0.4, 0.5) is 0 Å². The summed E-state index contributed by atoms with van der Waals surface area (Å²) >= 11 is 0. The lowest BCUT2D eigenvalue weighted by atomic mass is 10.0. The van der Waals surface area contributed by atoms with E-state index in [-0.39, 0.29) is 38.6 Å². The number of unbranched alkanes of at least 4 members (excludes halogenated alkanes) is 17. The van der Waals surface area contributed by atoms with Crippen LogP contribution in [0.1, 0.15) is 232 Å². The van der Waals surface area contributed by atoms with Crippen LogP contribution >= 0.6 is 0 Å². The van der Waals surface area contributed by atoms with Crippen molar-refractivity contribution in [2.75, 3.05) is 47.5 Å². The lowest BCUT2D eigenvalue weighted by Crippen LogP contribution is -2.40. The van der Waals surface area contributed by atoms with E-state index in [1.165, 1.54) is 70.6 Å². The number of carbonyl (C=O) groups is 3. The molecule has 0 radical (unpaired) electrons. The van der Waals surface area contributed by atoms with Crippen molar-refractivity contribution in [1.82, 2.24) is 0 Å². The Morgan fingerprint density at radius 1 is 0.361 bits per heavy atom. The summed E-state index contributed by atoms with van der Waals surface area (Å²) in [4.78, 5) is 37.6. The molecule has 83 heavy (non-hydrogen) atoms. The van der Waals surface area contributed by atoms with Crippen LogP contribution in [-0.4, -0.2) is 87.4 Å². The third kappa shape index (κ3) is 64.3. The maximum absolute atomic E-state index is 12.9. The standard InChI is InChI=1S/C74H119NO8/c1-6-8-10-12-14-16-18-20-22-24-26-28-30-32-34-36-38-40-42-44-46-48-50-52-54-56-58-60-62-64-71(76)81-68-70(69-82-74(73(78)79)80-67-66-75(3,4)5)83-72(77)65-63-61-59-57-55-53-51-49-47-45-43-41-39-37-35-33-31-29-27-25-23-21-19-17-15-13-11-9-7-2/h8-11,14-17,20-23,26-29,32-35,39,41,45,47,51,53,70,74H,6-7,12-13,18-19,24-25,30-31,36-38,40,42-44,46,48-50,52,54-69H2,1-5H3/p+1/b10-8-,11-9-,16-14-,17-15-,22-20-,23-21-,28-26-,29-27-,34-32-,35-33-,41-39-,47-45-,53-51-. The second-order valence-electron chi connectivity index (χ2n) is 22.3. The molecular formula is C74H120NO8+. The number of carboxylic acids is 1. The fourth-order valence-corrected chi connectivity index (χ4v) is 8.35. The number of hydrogen-bond donors (Lipinski definition) is 1. The SMILES string of the molecule is CC/C=C\C/C=C\C/C=C\C/C=C\C/C=C\C/C=C\C/C=C\C/C=C\CCCCCCC(=O)OC(COC(=O)CCCCCCCCCCCCCCC/C=C\C/C=C\C/C=C\C/C=C\C/C=C\CC)COC(OCC[N+](C)(C)C)C(=O)O. The van der Waals surface area contributed by atoms with Gasteiger partial charge >= 0.3 is 17.9 Å². The summed E-state index contributed by atoms with van der Waals surface area (Å²) in [6.07, 6.45) is 90.5. The molecule has 2 atom stereocenters. The van der Waals surface area contributed by atoms with Gasteiger partial charge < -0.3 is 28.5 Å². The lowest BCUT2D eigenvalue weighted by Gasteiger charge is -2.25. The van der Waals surface area contributed by atoms with Crippen LogP contribution in [0, 0.1) is 0 Å². The summed E-state index contributed by atoms with van der Waals surface area (Å²) in [5, 5.41) is 9.73. The highest BCUT2D eigenvalue weighted by molar-refractivity contribution is 5.71. The summed E-state index contributed by atoms with van der Waals surface area (Å²) in [5.41, 5.74) is 0. The van der Waals surface area contributed by atoms with Crippen molar-refractivity contribution < 1.29 is 42.9 Å².